The number of nitrogens with zero attached hydrogens (tertiary/aromatic N) is 1. The van der Waals surface area contributed by atoms with Crippen LogP contribution in [0, 0.1) is 30.6 Å². The lowest BCUT2D eigenvalue weighted by Crippen LogP contribution is -2.33. The van der Waals surface area contributed by atoms with E-state index in [4.69, 9.17) is 11.6 Å². The zero-order chi connectivity index (χ0) is 17.2. The van der Waals surface area contributed by atoms with Gasteiger partial charge in [-0.2, -0.15) is 0 Å². The fraction of sp³-hybridized carbons (Fsp3) is 0.400. The van der Waals surface area contributed by atoms with Gasteiger partial charge in [-0.05, 0) is 38.0 Å². The molecule has 4 atom stereocenters. The fourth-order valence-corrected chi connectivity index (χ4v) is 4.69. The summed E-state index contributed by atoms with van der Waals surface area (Å²) >= 11 is 6.19. The quantitative estimate of drug-likeness (QED) is 0.594. The molecular weight excluding hydrogens is 322 g/mol. The number of hydrogen-bond donors (Lipinski definition) is 0. The van der Waals surface area contributed by atoms with Gasteiger partial charge in [0.2, 0.25) is 11.8 Å². The minimum atomic E-state index is -0.246. The Labute approximate surface area is 147 Å². The van der Waals surface area contributed by atoms with Gasteiger partial charge in [0, 0.05) is 16.9 Å². The van der Waals surface area contributed by atoms with Crippen molar-refractivity contribution in [2.75, 3.05) is 4.90 Å². The van der Waals surface area contributed by atoms with Gasteiger partial charge in [0.15, 0.2) is 0 Å². The Morgan fingerprint density at radius 1 is 1.12 bits per heavy atom. The number of rotatable bonds is 2. The minimum absolute atomic E-state index is 0.0804. The first-order valence-corrected chi connectivity index (χ1v) is 8.85. The summed E-state index contributed by atoms with van der Waals surface area (Å²) in [5.74, 6) is -0.482. The molecule has 1 saturated heterocycles. The van der Waals surface area contributed by atoms with Crippen LogP contribution in [0.3, 0.4) is 0 Å². The van der Waals surface area contributed by atoms with Crippen molar-refractivity contribution in [3.8, 4) is 0 Å². The Hall–Kier alpha value is -1.87. The highest BCUT2D eigenvalue weighted by molar-refractivity contribution is 6.32. The molecule has 0 N–H and O–H groups in total. The van der Waals surface area contributed by atoms with Crippen molar-refractivity contribution in [1.29, 1.82) is 0 Å². The highest BCUT2D eigenvalue weighted by atomic mass is 35.5. The lowest BCUT2D eigenvalue weighted by atomic mass is 9.85. The largest absolute Gasteiger partial charge is 0.274 e. The molecule has 2 bridgehead atoms. The first-order valence-electron chi connectivity index (χ1n) is 8.47. The summed E-state index contributed by atoms with van der Waals surface area (Å²) in [5, 5.41) is 0.577. The molecule has 4 rings (SSSR count). The van der Waals surface area contributed by atoms with Crippen molar-refractivity contribution in [3.05, 3.63) is 52.1 Å². The summed E-state index contributed by atoms with van der Waals surface area (Å²) < 4.78 is 0. The summed E-state index contributed by atoms with van der Waals surface area (Å²) in [6.45, 7) is 6.15. The first-order chi connectivity index (χ1) is 11.5. The van der Waals surface area contributed by atoms with E-state index in [1.165, 1.54) is 16.0 Å². The average molecular weight is 342 g/mol. The zero-order valence-electron chi connectivity index (χ0n) is 14.0. The number of benzene rings is 1. The Morgan fingerprint density at radius 2 is 1.71 bits per heavy atom. The fourth-order valence-electron chi connectivity index (χ4n) is 4.51. The highest BCUT2D eigenvalue weighted by Crippen LogP contribution is 2.57. The summed E-state index contributed by atoms with van der Waals surface area (Å²) in [5.41, 5.74) is 4.14. The standard InChI is InChI=1S/C20H20ClNO2/c1-4-10(2)16-13-7-8-14(16)18-17(13)19(23)22(20(18)24)12-6-5-11(3)15(21)9-12/h5-9,13-14,17-18H,4H2,1-3H3/t13-,14+,17-,18-/m1/s1. The molecule has 0 spiro atoms. The number of halogens is 1. The number of aryl methyl sites for hydroxylation is 1. The molecule has 1 aliphatic heterocycles. The second kappa shape index (κ2) is 5.32. The zero-order valence-corrected chi connectivity index (χ0v) is 14.8. The Morgan fingerprint density at radius 3 is 2.21 bits per heavy atom. The number of carbonyl (C=O) groups is 2. The molecule has 0 radical (unpaired) electrons. The van der Waals surface area contributed by atoms with Crippen LogP contribution in [0.4, 0.5) is 5.69 Å². The molecule has 1 saturated carbocycles. The van der Waals surface area contributed by atoms with Crippen molar-refractivity contribution in [1.82, 2.24) is 0 Å². The average Bonchev–Trinajstić information content (AvgIpc) is 3.20. The third kappa shape index (κ3) is 1.91. The maximum Gasteiger partial charge on any atom is 0.238 e. The van der Waals surface area contributed by atoms with Crippen LogP contribution in [-0.4, -0.2) is 11.8 Å². The van der Waals surface area contributed by atoms with Gasteiger partial charge in [-0.15, -0.1) is 0 Å². The van der Waals surface area contributed by atoms with Gasteiger partial charge < -0.3 is 0 Å². The molecule has 2 aliphatic carbocycles. The van der Waals surface area contributed by atoms with Gasteiger partial charge in [0.25, 0.3) is 0 Å². The van der Waals surface area contributed by atoms with Crippen molar-refractivity contribution in [3.63, 3.8) is 0 Å². The van der Waals surface area contributed by atoms with E-state index in [9.17, 15) is 9.59 Å². The monoisotopic (exact) mass is 341 g/mol. The summed E-state index contributed by atoms with van der Waals surface area (Å²) in [4.78, 5) is 27.4. The highest BCUT2D eigenvalue weighted by Gasteiger charge is 2.62. The van der Waals surface area contributed by atoms with Gasteiger partial charge in [-0.3, -0.25) is 9.59 Å². The number of amides is 2. The second-order valence-electron chi connectivity index (χ2n) is 7.02. The third-order valence-corrected chi connectivity index (χ3v) is 6.26. The topological polar surface area (TPSA) is 37.4 Å². The number of allylic oxidation sites excluding steroid dienone is 4. The predicted molar refractivity (Wildman–Crippen MR) is 94.8 cm³/mol. The predicted octanol–water partition coefficient (Wildman–Crippen LogP) is 4.30. The van der Waals surface area contributed by atoms with E-state index in [1.54, 1.807) is 12.1 Å². The van der Waals surface area contributed by atoms with Crippen LogP contribution in [0.25, 0.3) is 0 Å². The number of fused-ring (bicyclic) bond motifs is 5. The molecule has 0 aromatic heterocycles. The molecule has 2 amide bonds. The molecule has 4 heteroatoms. The lowest BCUT2D eigenvalue weighted by Gasteiger charge is -2.20. The van der Waals surface area contributed by atoms with Crippen LogP contribution >= 0.6 is 11.6 Å². The van der Waals surface area contributed by atoms with Crippen molar-refractivity contribution in [2.24, 2.45) is 23.7 Å². The Kier molecular flexibility index (Phi) is 3.47. The lowest BCUT2D eigenvalue weighted by molar-refractivity contribution is -0.122. The van der Waals surface area contributed by atoms with Gasteiger partial charge in [0.1, 0.15) is 0 Å². The van der Waals surface area contributed by atoms with Crippen molar-refractivity contribution < 1.29 is 9.59 Å². The number of carbonyl (C=O) groups excluding carboxylic acids is 2. The van der Waals surface area contributed by atoms with E-state index >= 15 is 0 Å². The maximum atomic E-state index is 13.0. The van der Waals surface area contributed by atoms with Crippen LogP contribution in [0.2, 0.25) is 5.02 Å². The second-order valence-corrected chi connectivity index (χ2v) is 7.43. The smallest absolute Gasteiger partial charge is 0.238 e. The normalized spacial score (nSPS) is 32.8. The Bertz CT molecular complexity index is 789. The molecule has 24 heavy (non-hydrogen) atoms. The number of anilines is 1. The van der Waals surface area contributed by atoms with Gasteiger partial charge in [-0.25, -0.2) is 4.90 Å². The molecule has 3 aliphatic rings. The summed E-state index contributed by atoms with van der Waals surface area (Å²) in [6, 6.07) is 5.38. The number of hydrogen-bond acceptors (Lipinski definition) is 2. The number of imide groups is 1. The van der Waals surface area contributed by atoms with Crippen molar-refractivity contribution in [2.45, 2.75) is 27.2 Å². The van der Waals surface area contributed by atoms with Gasteiger partial charge in [-0.1, -0.05) is 47.9 Å². The molecule has 1 heterocycles. The van der Waals surface area contributed by atoms with Crippen molar-refractivity contribution >= 4 is 29.1 Å². The molecule has 3 nitrogen and oxygen atoms in total. The van der Waals surface area contributed by atoms with E-state index in [0.29, 0.717) is 10.7 Å². The summed E-state index contributed by atoms with van der Waals surface area (Å²) in [6.07, 6.45) is 5.21. The third-order valence-electron chi connectivity index (χ3n) is 5.85. The van der Waals surface area contributed by atoms with E-state index < -0.39 is 0 Å². The molecule has 0 unspecified atom stereocenters. The molecule has 2 fully saturated rings. The van der Waals surface area contributed by atoms with Crippen LogP contribution in [0.5, 0.6) is 0 Å². The summed E-state index contributed by atoms with van der Waals surface area (Å²) in [7, 11) is 0. The molecule has 1 aromatic rings. The van der Waals surface area contributed by atoms with E-state index in [2.05, 4.69) is 26.0 Å². The Balaban J connectivity index is 1.75. The first kappa shape index (κ1) is 15.6. The SMILES string of the molecule is CCC(C)=C1[C@H]2C=C[C@@H]1[C@H]1C(=O)N(c3ccc(C)c(Cl)c3)C(=O)[C@@H]12. The van der Waals surface area contributed by atoms with E-state index in [1.807, 2.05) is 13.0 Å². The van der Waals surface area contributed by atoms with E-state index in [0.717, 1.165) is 12.0 Å². The van der Waals surface area contributed by atoms with Crippen LogP contribution in [-0.2, 0) is 9.59 Å². The molecule has 124 valence electrons. The molecular formula is C20H20ClNO2. The molecule has 1 aromatic carbocycles. The van der Waals surface area contributed by atoms with Crippen LogP contribution in [0.15, 0.2) is 41.5 Å². The van der Waals surface area contributed by atoms with Crippen LogP contribution < -0.4 is 4.90 Å². The maximum absolute atomic E-state index is 13.0. The minimum Gasteiger partial charge on any atom is -0.274 e. The van der Waals surface area contributed by atoms with Gasteiger partial charge in [0.05, 0.1) is 17.5 Å². The van der Waals surface area contributed by atoms with Gasteiger partial charge >= 0.3 is 0 Å². The van der Waals surface area contributed by atoms with Crippen LogP contribution in [0.1, 0.15) is 25.8 Å². The van der Waals surface area contributed by atoms with E-state index in [-0.39, 0.29) is 35.5 Å².